The molecule has 0 amide bonds. The maximum atomic E-state index is 12.7. The zero-order valence-electron chi connectivity index (χ0n) is 13.3. The Bertz CT molecular complexity index is 840. The SMILES string of the molecule is COc1cc(NS(=O)(=O)c2c(C)cc(C)cc2C)cc(Cl)c1O. The summed E-state index contributed by atoms with van der Waals surface area (Å²) in [4.78, 5) is 0.228. The Morgan fingerprint density at radius 2 is 1.65 bits per heavy atom. The second kappa shape index (κ2) is 6.29. The lowest BCUT2D eigenvalue weighted by Gasteiger charge is -2.15. The number of phenols is 1. The minimum absolute atomic E-state index is 0.000556. The molecule has 0 radical (unpaired) electrons. The third-order valence-electron chi connectivity index (χ3n) is 3.37. The van der Waals surface area contributed by atoms with Gasteiger partial charge in [0.2, 0.25) is 0 Å². The fourth-order valence-corrected chi connectivity index (χ4v) is 4.29. The van der Waals surface area contributed by atoms with Crippen molar-refractivity contribution in [2.45, 2.75) is 25.7 Å². The number of rotatable bonds is 4. The van der Waals surface area contributed by atoms with Crippen molar-refractivity contribution in [3.63, 3.8) is 0 Å². The molecule has 0 saturated carbocycles. The number of aryl methyl sites for hydroxylation is 3. The fraction of sp³-hybridized carbons (Fsp3) is 0.250. The van der Waals surface area contributed by atoms with Crippen molar-refractivity contribution in [1.82, 2.24) is 0 Å². The molecular weight excluding hydrogens is 338 g/mol. The summed E-state index contributed by atoms with van der Waals surface area (Å²) in [6.45, 7) is 5.41. The van der Waals surface area contributed by atoms with Gasteiger partial charge in [-0.2, -0.15) is 0 Å². The van der Waals surface area contributed by atoms with Crippen LogP contribution in [0, 0.1) is 20.8 Å². The van der Waals surface area contributed by atoms with E-state index in [1.165, 1.54) is 19.2 Å². The van der Waals surface area contributed by atoms with Crippen LogP contribution in [0.15, 0.2) is 29.2 Å². The Hall–Kier alpha value is -1.92. The second-order valence-electron chi connectivity index (χ2n) is 5.34. The number of aromatic hydroxyl groups is 1. The largest absolute Gasteiger partial charge is 0.503 e. The van der Waals surface area contributed by atoms with E-state index in [0.29, 0.717) is 11.1 Å². The van der Waals surface area contributed by atoms with Gasteiger partial charge >= 0.3 is 0 Å². The zero-order valence-corrected chi connectivity index (χ0v) is 14.8. The van der Waals surface area contributed by atoms with Gasteiger partial charge in [0, 0.05) is 6.07 Å². The van der Waals surface area contributed by atoms with E-state index >= 15 is 0 Å². The molecule has 0 aliphatic rings. The number of methoxy groups -OCH3 is 1. The van der Waals surface area contributed by atoms with Gasteiger partial charge in [0.15, 0.2) is 11.5 Å². The van der Waals surface area contributed by atoms with E-state index in [1.807, 2.05) is 19.1 Å². The first kappa shape index (κ1) is 17.4. The number of phenolic OH excluding ortho intramolecular Hbond substituents is 1. The summed E-state index contributed by atoms with van der Waals surface area (Å²) in [6, 6.07) is 6.32. The Balaban J connectivity index is 2.50. The maximum Gasteiger partial charge on any atom is 0.262 e. The third kappa shape index (κ3) is 3.54. The van der Waals surface area contributed by atoms with Crippen LogP contribution >= 0.6 is 11.6 Å². The summed E-state index contributed by atoms with van der Waals surface area (Å²) >= 11 is 5.89. The van der Waals surface area contributed by atoms with Gasteiger partial charge in [-0.15, -0.1) is 0 Å². The molecule has 2 aromatic carbocycles. The summed E-state index contributed by atoms with van der Waals surface area (Å²) in [5.41, 5.74) is 2.52. The van der Waals surface area contributed by atoms with Gasteiger partial charge in [-0.1, -0.05) is 29.3 Å². The molecule has 0 aromatic heterocycles. The van der Waals surface area contributed by atoms with Crippen molar-refractivity contribution >= 4 is 27.3 Å². The molecule has 0 fully saturated rings. The minimum Gasteiger partial charge on any atom is -0.503 e. The maximum absolute atomic E-state index is 12.7. The van der Waals surface area contributed by atoms with Crippen LogP contribution in [0.4, 0.5) is 5.69 Å². The van der Waals surface area contributed by atoms with E-state index in [9.17, 15) is 13.5 Å². The highest BCUT2D eigenvalue weighted by molar-refractivity contribution is 7.92. The Morgan fingerprint density at radius 1 is 1.09 bits per heavy atom. The average molecular weight is 356 g/mol. The molecule has 0 atom stereocenters. The molecule has 0 saturated heterocycles. The lowest BCUT2D eigenvalue weighted by atomic mass is 10.1. The molecule has 0 unspecified atom stereocenters. The van der Waals surface area contributed by atoms with Crippen LogP contribution in [0.3, 0.4) is 0 Å². The van der Waals surface area contributed by atoms with E-state index in [1.54, 1.807) is 13.8 Å². The van der Waals surface area contributed by atoms with Crippen molar-refractivity contribution in [3.8, 4) is 11.5 Å². The topological polar surface area (TPSA) is 75.6 Å². The smallest absolute Gasteiger partial charge is 0.262 e. The quantitative estimate of drug-likeness (QED) is 0.818. The molecule has 5 nitrogen and oxygen atoms in total. The Kier molecular flexibility index (Phi) is 4.77. The van der Waals surface area contributed by atoms with Crippen LogP contribution in [0.5, 0.6) is 11.5 Å². The van der Waals surface area contributed by atoms with E-state index in [-0.39, 0.29) is 27.1 Å². The first-order chi connectivity index (χ1) is 10.7. The van der Waals surface area contributed by atoms with Crippen molar-refractivity contribution in [3.05, 3.63) is 46.0 Å². The number of benzene rings is 2. The minimum atomic E-state index is -3.79. The number of ether oxygens (including phenoxy) is 1. The monoisotopic (exact) mass is 355 g/mol. The van der Waals surface area contributed by atoms with Crippen molar-refractivity contribution in [2.75, 3.05) is 11.8 Å². The van der Waals surface area contributed by atoms with Crippen LogP contribution < -0.4 is 9.46 Å². The van der Waals surface area contributed by atoms with Crippen molar-refractivity contribution < 1.29 is 18.3 Å². The third-order valence-corrected chi connectivity index (χ3v) is 5.35. The van der Waals surface area contributed by atoms with Gasteiger partial charge in [-0.05, 0) is 38.0 Å². The first-order valence-corrected chi connectivity index (χ1v) is 8.69. The van der Waals surface area contributed by atoms with Gasteiger partial charge in [0.05, 0.1) is 22.7 Å². The summed E-state index contributed by atoms with van der Waals surface area (Å²) < 4.78 is 32.8. The van der Waals surface area contributed by atoms with Crippen molar-refractivity contribution in [2.24, 2.45) is 0 Å². The van der Waals surface area contributed by atoms with Crippen molar-refractivity contribution in [1.29, 1.82) is 0 Å². The second-order valence-corrected chi connectivity index (χ2v) is 7.37. The average Bonchev–Trinajstić information content (AvgIpc) is 2.40. The molecule has 0 heterocycles. The van der Waals surface area contributed by atoms with Crippen LogP contribution in [-0.2, 0) is 10.0 Å². The number of nitrogens with one attached hydrogen (secondary N) is 1. The molecule has 2 aromatic rings. The van der Waals surface area contributed by atoms with Crippen LogP contribution in [0.25, 0.3) is 0 Å². The number of anilines is 1. The lowest BCUT2D eigenvalue weighted by Crippen LogP contribution is -2.16. The molecule has 124 valence electrons. The molecule has 0 bridgehead atoms. The predicted octanol–water partition coefficient (Wildman–Crippen LogP) is 3.78. The normalized spacial score (nSPS) is 11.3. The van der Waals surface area contributed by atoms with E-state index < -0.39 is 10.0 Å². The van der Waals surface area contributed by atoms with Gasteiger partial charge < -0.3 is 9.84 Å². The number of halogens is 1. The molecule has 0 aliphatic carbocycles. The predicted molar refractivity (Wildman–Crippen MR) is 91.1 cm³/mol. The summed E-state index contributed by atoms with van der Waals surface area (Å²) in [6.07, 6.45) is 0. The summed E-state index contributed by atoms with van der Waals surface area (Å²) in [5.74, 6) is -0.146. The highest BCUT2D eigenvalue weighted by atomic mass is 35.5. The van der Waals surface area contributed by atoms with Crippen LogP contribution in [0.1, 0.15) is 16.7 Å². The number of hydrogen-bond acceptors (Lipinski definition) is 4. The van der Waals surface area contributed by atoms with Crippen LogP contribution in [-0.4, -0.2) is 20.6 Å². The summed E-state index contributed by atoms with van der Waals surface area (Å²) in [5, 5.41) is 9.72. The fourth-order valence-electron chi connectivity index (χ4n) is 2.59. The van der Waals surface area contributed by atoms with E-state index in [2.05, 4.69) is 4.72 Å². The zero-order chi connectivity index (χ0) is 17.4. The molecule has 2 N–H and O–H groups in total. The van der Waals surface area contributed by atoms with Gasteiger partial charge in [0.25, 0.3) is 10.0 Å². The van der Waals surface area contributed by atoms with Gasteiger partial charge in [-0.25, -0.2) is 8.42 Å². The summed E-state index contributed by atoms with van der Waals surface area (Å²) in [7, 11) is -2.43. The molecule has 23 heavy (non-hydrogen) atoms. The molecule has 7 heteroatoms. The van der Waals surface area contributed by atoms with E-state index in [4.69, 9.17) is 16.3 Å². The van der Waals surface area contributed by atoms with E-state index in [0.717, 1.165) is 5.56 Å². The Labute approximate surface area is 140 Å². The van der Waals surface area contributed by atoms with Gasteiger partial charge in [0.1, 0.15) is 0 Å². The lowest BCUT2D eigenvalue weighted by molar-refractivity contribution is 0.374. The molecule has 2 rings (SSSR count). The highest BCUT2D eigenvalue weighted by Gasteiger charge is 2.21. The Morgan fingerprint density at radius 3 is 2.17 bits per heavy atom. The molecule has 0 spiro atoms. The van der Waals surface area contributed by atoms with Crippen LogP contribution in [0.2, 0.25) is 5.02 Å². The first-order valence-electron chi connectivity index (χ1n) is 6.83. The number of hydrogen-bond donors (Lipinski definition) is 2. The highest BCUT2D eigenvalue weighted by Crippen LogP contribution is 2.37. The standard InChI is InChI=1S/C16H18ClNO4S/c1-9-5-10(2)16(11(3)6-9)23(20,21)18-12-7-13(17)15(19)14(8-12)22-4/h5-8,18-19H,1-4H3. The van der Waals surface area contributed by atoms with Gasteiger partial charge in [-0.3, -0.25) is 4.72 Å². The number of sulfonamides is 1. The molecular formula is C16H18ClNO4S. The molecule has 0 aliphatic heterocycles.